The van der Waals surface area contributed by atoms with Crippen molar-refractivity contribution in [2.75, 3.05) is 11.5 Å². The van der Waals surface area contributed by atoms with E-state index in [9.17, 15) is 8.42 Å². The second kappa shape index (κ2) is 4.79. The van der Waals surface area contributed by atoms with Gasteiger partial charge in [0.25, 0.3) is 10.1 Å². The molecule has 0 radical (unpaired) electrons. The molecule has 52 valence electrons. The molecule has 0 bridgehead atoms. The number of hydrogen-bond donors (Lipinski definition) is 2. The minimum absolute atomic E-state index is 0. The minimum atomic E-state index is -3.75. The molecule has 3 nitrogen and oxygen atoms in total. The van der Waals surface area contributed by atoms with Crippen molar-refractivity contribution in [3.63, 3.8) is 0 Å². The molecule has 8 heavy (non-hydrogen) atoms. The summed E-state index contributed by atoms with van der Waals surface area (Å²) in [5.74, 6) is -0.102. The van der Waals surface area contributed by atoms with Gasteiger partial charge in [-0.15, -0.1) is 0 Å². The molecule has 0 rings (SSSR count). The van der Waals surface area contributed by atoms with E-state index in [4.69, 9.17) is 4.55 Å². The van der Waals surface area contributed by atoms with Gasteiger partial charge in [-0.3, -0.25) is 4.55 Å². The van der Waals surface area contributed by atoms with E-state index in [1.807, 2.05) is 0 Å². The van der Waals surface area contributed by atoms with E-state index >= 15 is 0 Å². The zero-order chi connectivity index (χ0) is 5.91. The molecule has 6 heteroatoms. The van der Waals surface area contributed by atoms with Crippen molar-refractivity contribution >= 4 is 22.7 Å². The molecule has 1 N–H and O–H groups in total. The standard InChI is InChI=1S/C2H6O3S2.Pt/c3-7(4,5)2-1-6;/h6H,1-2H2,(H,3,4,5);/q;+2. The quantitative estimate of drug-likeness (QED) is 0.542. The first-order valence-electron chi connectivity index (χ1n) is 1.62. The maximum Gasteiger partial charge on any atom is 2.00 e. The molecular formula is C2H6O3PtS2+2. The Morgan fingerprint density at radius 1 is 1.50 bits per heavy atom. The van der Waals surface area contributed by atoms with Gasteiger partial charge in [0.1, 0.15) is 0 Å². The zero-order valence-electron chi connectivity index (χ0n) is 3.85. The summed E-state index contributed by atoms with van der Waals surface area (Å²) in [5.41, 5.74) is 0. The first-order valence-corrected chi connectivity index (χ1v) is 3.86. The Bertz CT molecular complexity index is 128. The van der Waals surface area contributed by atoms with Gasteiger partial charge in [0.15, 0.2) is 0 Å². The van der Waals surface area contributed by atoms with E-state index in [0.29, 0.717) is 0 Å². The molecule has 0 fully saturated rings. The van der Waals surface area contributed by atoms with Gasteiger partial charge in [-0.2, -0.15) is 21.0 Å². The van der Waals surface area contributed by atoms with Gasteiger partial charge in [0, 0.05) is 5.75 Å². The van der Waals surface area contributed by atoms with Crippen LogP contribution in [0.2, 0.25) is 0 Å². The Hall–Kier alpha value is 0.948. The minimum Gasteiger partial charge on any atom is -0.286 e. The van der Waals surface area contributed by atoms with Crippen molar-refractivity contribution in [3.8, 4) is 0 Å². The van der Waals surface area contributed by atoms with Gasteiger partial charge >= 0.3 is 21.1 Å². The first-order chi connectivity index (χ1) is 3.06. The maximum absolute atomic E-state index is 9.74. The van der Waals surface area contributed by atoms with Gasteiger partial charge in [-0.1, -0.05) is 0 Å². The summed E-state index contributed by atoms with van der Waals surface area (Å²) in [6, 6.07) is 0. The van der Waals surface area contributed by atoms with E-state index < -0.39 is 10.1 Å². The molecule has 0 heterocycles. The Kier molecular flexibility index (Phi) is 7.01. The van der Waals surface area contributed by atoms with Gasteiger partial charge in [0.05, 0.1) is 5.75 Å². The van der Waals surface area contributed by atoms with E-state index in [0.717, 1.165) is 0 Å². The van der Waals surface area contributed by atoms with Gasteiger partial charge in [-0.25, -0.2) is 0 Å². The molecule has 0 aliphatic carbocycles. The van der Waals surface area contributed by atoms with Crippen molar-refractivity contribution in [3.05, 3.63) is 0 Å². The largest absolute Gasteiger partial charge is 2.00 e. The SMILES string of the molecule is O=S(=O)(O)CCS.[Pt+2]. The third-order valence-corrected chi connectivity index (χ3v) is 1.60. The molecule has 0 aromatic carbocycles. The molecule has 0 saturated carbocycles. The van der Waals surface area contributed by atoms with Crippen molar-refractivity contribution in [2.24, 2.45) is 0 Å². The molecule has 0 unspecified atom stereocenters. The van der Waals surface area contributed by atoms with E-state index in [2.05, 4.69) is 12.6 Å². The smallest absolute Gasteiger partial charge is 0.286 e. The van der Waals surface area contributed by atoms with E-state index in [-0.39, 0.29) is 32.6 Å². The van der Waals surface area contributed by atoms with Crippen LogP contribution in [0.4, 0.5) is 0 Å². The summed E-state index contributed by atoms with van der Waals surface area (Å²) < 4.78 is 27.4. The molecule has 0 aromatic heterocycles. The second-order valence-corrected chi connectivity index (χ2v) is 3.03. The van der Waals surface area contributed by atoms with Gasteiger partial charge < -0.3 is 0 Å². The fourth-order valence-electron chi connectivity index (χ4n) is 0.115. The first kappa shape index (κ1) is 11.7. The van der Waals surface area contributed by atoms with Crippen LogP contribution in [0.5, 0.6) is 0 Å². The van der Waals surface area contributed by atoms with Crippen LogP contribution in [0.3, 0.4) is 0 Å². The van der Waals surface area contributed by atoms with Crippen LogP contribution in [0.1, 0.15) is 0 Å². The number of rotatable bonds is 2. The Morgan fingerprint density at radius 2 is 1.88 bits per heavy atom. The van der Waals surface area contributed by atoms with Gasteiger partial charge in [-0.05, 0) is 0 Å². The molecule has 0 aliphatic heterocycles. The third-order valence-electron chi connectivity index (χ3n) is 0.349. The zero-order valence-corrected chi connectivity index (χ0v) is 7.83. The molecule has 0 aliphatic rings. The van der Waals surface area contributed by atoms with Crippen LogP contribution in [0.25, 0.3) is 0 Å². The van der Waals surface area contributed by atoms with E-state index in [1.54, 1.807) is 0 Å². The van der Waals surface area contributed by atoms with Crippen LogP contribution in [0.15, 0.2) is 0 Å². The summed E-state index contributed by atoms with van der Waals surface area (Å²) in [4.78, 5) is 0. The topological polar surface area (TPSA) is 54.4 Å². The molecule has 0 amide bonds. The summed E-state index contributed by atoms with van der Waals surface area (Å²) >= 11 is 3.57. The average Bonchev–Trinajstić information content (AvgIpc) is 1.30. The monoisotopic (exact) mass is 337 g/mol. The molecule has 0 spiro atoms. The van der Waals surface area contributed by atoms with Crippen LogP contribution in [0, 0.1) is 0 Å². The van der Waals surface area contributed by atoms with Crippen molar-refractivity contribution in [1.82, 2.24) is 0 Å². The fraction of sp³-hybridized carbons (Fsp3) is 1.00. The number of hydrogen-bond acceptors (Lipinski definition) is 3. The maximum atomic E-state index is 9.74. The average molecular weight is 337 g/mol. The van der Waals surface area contributed by atoms with Crippen molar-refractivity contribution < 1.29 is 34.0 Å². The Balaban J connectivity index is 0. The fourth-order valence-corrected chi connectivity index (χ4v) is 1.04. The Morgan fingerprint density at radius 3 is 1.88 bits per heavy atom. The summed E-state index contributed by atoms with van der Waals surface area (Å²) in [6.07, 6.45) is 0. The van der Waals surface area contributed by atoms with E-state index in [1.165, 1.54) is 0 Å². The predicted molar refractivity (Wildman–Crippen MR) is 30.3 cm³/mol. The summed E-state index contributed by atoms with van der Waals surface area (Å²) in [5, 5.41) is 0. The third kappa shape index (κ3) is 10.0. The van der Waals surface area contributed by atoms with Crippen LogP contribution in [-0.2, 0) is 31.2 Å². The predicted octanol–water partition coefficient (Wildman–Crippen LogP) is -0.198. The molecular weight excluding hydrogens is 331 g/mol. The normalized spacial score (nSPS) is 10.2. The van der Waals surface area contributed by atoms with Gasteiger partial charge in [0.2, 0.25) is 0 Å². The van der Waals surface area contributed by atoms with Crippen LogP contribution in [-0.4, -0.2) is 24.5 Å². The number of thiol groups is 1. The Labute approximate surface area is 68.3 Å². The molecule has 0 atom stereocenters. The summed E-state index contributed by atoms with van der Waals surface area (Å²) in [7, 11) is -3.75. The van der Waals surface area contributed by atoms with Crippen LogP contribution >= 0.6 is 12.6 Å². The molecule has 0 saturated heterocycles. The van der Waals surface area contributed by atoms with Crippen LogP contribution < -0.4 is 0 Å². The summed E-state index contributed by atoms with van der Waals surface area (Å²) in [6.45, 7) is 0. The molecule has 0 aromatic rings. The second-order valence-electron chi connectivity index (χ2n) is 1.01. The van der Waals surface area contributed by atoms with Crippen molar-refractivity contribution in [1.29, 1.82) is 0 Å². The van der Waals surface area contributed by atoms with Crippen molar-refractivity contribution in [2.45, 2.75) is 0 Å².